The van der Waals surface area contributed by atoms with Crippen molar-refractivity contribution in [2.45, 2.75) is 0 Å². The highest BCUT2D eigenvalue weighted by atomic mass is 19.1. The molecule has 0 aliphatic heterocycles. The number of pyridine rings is 1. The molecule has 0 saturated heterocycles. The molecule has 0 spiro atoms. The average Bonchev–Trinajstić information content (AvgIpc) is 2.74. The Labute approximate surface area is 90.4 Å². The highest BCUT2D eigenvalue weighted by molar-refractivity contribution is 5.74. The van der Waals surface area contributed by atoms with E-state index in [9.17, 15) is 4.39 Å². The van der Waals surface area contributed by atoms with Gasteiger partial charge in [0.15, 0.2) is 0 Å². The molecule has 0 aliphatic rings. The SMILES string of the molecule is Fc1ccc(-n2nnc3cnccc32)cc1. The molecular weight excluding hydrogens is 207 g/mol. The van der Waals surface area contributed by atoms with Crippen molar-refractivity contribution < 1.29 is 4.39 Å². The van der Waals surface area contributed by atoms with Gasteiger partial charge in [-0.25, -0.2) is 9.07 Å². The predicted octanol–water partition coefficient (Wildman–Crippen LogP) is 1.95. The van der Waals surface area contributed by atoms with E-state index in [1.165, 1.54) is 12.1 Å². The Bertz CT molecular complexity index is 630. The summed E-state index contributed by atoms with van der Waals surface area (Å²) in [5, 5.41) is 7.97. The summed E-state index contributed by atoms with van der Waals surface area (Å²) in [5.74, 6) is -0.269. The lowest BCUT2D eigenvalue weighted by atomic mass is 10.3. The molecule has 5 heteroatoms. The van der Waals surface area contributed by atoms with Crippen LogP contribution in [0.5, 0.6) is 0 Å². The van der Waals surface area contributed by atoms with Crippen molar-refractivity contribution in [2.75, 3.05) is 0 Å². The summed E-state index contributed by atoms with van der Waals surface area (Å²) in [4.78, 5) is 3.96. The number of hydrogen-bond acceptors (Lipinski definition) is 3. The molecule has 1 aromatic carbocycles. The van der Waals surface area contributed by atoms with E-state index in [2.05, 4.69) is 15.3 Å². The van der Waals surface area contributed by atoms with Gasteiger partial charge in [0.25, 0.3) is 0 Å². The minimum Gasteiger partial charge on any atom is -0.262 e. The molecule has 78 valence electrons. The average molecular weight is 214 g/mol. The Morgan fingerprint density at radius 2 is 1.88 bits per heavy atom. The second-order valence-corrected chi connectivity index (χ2v) is 3.34. The standard InChI is InChI=1S/C11H7FN4/c12-8-1-3-9(4-2-8)16-11-5-6-13-7-10(11)14-15-16/h1-7H. The van der Waals surface area contributed by atoms with Crippen molar-refractivity contribution in [3.63, 3.8) is 0 Å². The molecule has 3 rings (SSSR count). The van der Waals surface area contributed by atoms with Gasteiger partial charge < -0.3 is 0 Å². The number of hydrogen-bond donors (Lipinski definition) is 0. The minimum absolute atomic E-state index is 0.269. The quantitative estimate of drug-likeness (QED) is 0.621. The summed E-state index contributed by atoms with van der Waals surface area (Å²) < 4.78 is 14.4. The predicted molar refractivity (Wildman–Crippen MR) is 56.6 cm³/mol. The second-order valence-electron chi connectivity index (χ2n) is 3.34. The van der Waals surface area contributed by atoms with Crippen LogP contribution in [0.3, 0.4) is 0 Å². The molecule has 0 fully saturated rings. The Balaban J connectivity index is 2.22. The van der Waals surface area contributed by atoms with Crippen LogP contribution in [0.1, 0.15) is 0 Å². The van der Waals surface area contributed by atoms with Gasteiger partial charge in [-0.15, -0.1) is 5.10 Å². The van der Waals surface area contributed by atoms with Crippen molar-refractivity contribution >= 4 is 11.0 Å². The number of aromatic nitrogens is 4. The number of benzene rings is 1. The number of nitrogens with zero attached hydrogens (tertiary/aromatic N) is 4. The molecule has 0 atom stereocenters. The second kappa shape index (κ2) is 3.37. The monoisotopic (exact) mass is 214 g/mol. The van der Waals surface area contributed by atoms with Crippen LogP contribution in [0.25, 0.3) is 16.7 Å². The summed E-state index contributed by atoms with van der Waals surface area (Å²) in [6.45, 7) is 0. The van der Waals surface area contributed by atoms with E-state index < -0.39 is 0 Å². The van der Waals surface area contributed by atoms with Gasteiger partial charge in [-0.2, -0.15) is 0 Å². The zero-order valence-electron chi connectivity index (χ0n) is 8.21. The highest BCUT2D eigenvalue weighted by Crippen LogP contribution is 2.14. The molecule has 0 radical (unpaired) electrons. The maximum Gasteiger partial charge on any atom is 0.131 e. The molecule has 3 aromatic rings. The Kier molecular flexibility index (Phi) is 1.89. The summed E-state index contributed by atoms with van der Waals surface area (Å²) in [6.07, 6.45) is 3.31. The van der Waals surface area contributed by atoms with Gasteiger partial charge in [-0.3, -0.25) is 4.98 Å². The lowest BCUT2D eigenvalue weighted by molar-refractivity contribution is 0.627. The fourth-order valence-electron chi connectivity index (χ4n) is 1.55. The largest absolute Gasteiger partial charge is 0.262 e. The summed E-state index contributed by atoms with van der Waals surface area (Å²) in [5.41, 5.74) is 2.34. The lowest BCUT2D eigenvalue weighted by Crippen LogP contribution is -1.96. The molecule has 16 heavy (non-hydrogen) atoms. The van der Waals surface area contributed by atoms with E-state index in [4.69, 9.17) is 0 Å². The molecule has 4 nitrogen and oxygen atoms in total. The zero-order chi connectivity index (χ0) is 11.0. The van der Waals surface area contributed by atoms with Gasteiger partial charge in [-0.1, -0.05) is 5.21 Å². The van der Waals surface area contributed by atoms with E-state index in [0.29, 0.717) is 5.52 Å². The molecule has 2 aromatic heterocycles. The molecule has 0 unspecified atom stereocenters. The molecule has 0 amide bonds. The van der Waals surface area contributed by atoms with E-state index in [-0.39, 0.29) is 5.82 Å². The van der Waals surface area contributed by atoms with Gasteiger partial charge in [-0.05, 0) is 30.3 Å². The van der Waals surface area contributed by atoms with E-state index in [0.717, 1.165) is 11.2 Å². The van der Waals surface area contributed by atoms with Crippen LogP contribution in [0.2, 0.25) is 0 Å². The van der Waals surface area contributed by atoms with Crippen molar-refractivity contribution in [2.24, 2.45) is 0 Å². The fourth-order valence-corrected chi connectivity index (χ4v) is 1.55. The third-order valence-electron chi connectivity index (χ3n) is 2.32. The molecule has 2 heterocycles. The van der Waals surface area contributed by atoms with Crippen molar-refractivity contribution in [3.05, 3.63) is 48.5 Å². The molecule has 0 aliphatic carbocycles. The number of fused-ring (bicyclic) bond motifs is 1. The number of rotatable bonds is 1. The van der Waals surface area contributed by atoms with Crippen molar-refractivity contribution in [1.82, 2.24) is 20.0 Å². The molecule has 0 bridgehead atoms. The van der Waals surface area contributed by atoms with Crippen LogP contribution in [-0.2, 0) is 0 Å². The van der Waals surface area contributed by atoms with Crippen LogP contribution in [0.15, 0.2) is 42.7 Å². The maximum absolute atomic E-state index is 12.8. The molecule has 0 N–H and O–H groups in total. The first-order valence-corrected chi connectivity index (χ1v) is 4.76. The Morgan fingerprint density at radius 3 is 2.69 bits per heavy atom. The van der Waals surface area contributed by atoms with Gasteiger partial charge in [0.2, 0.25) is 0 Å². The highest BCUT2D eigenvalue weighted by Gasteiger charge is 2.05. The number of halogens is 1. The first-order chi connectivity index (χ1) is 7.84. The normalized spacial score (nSPS) is 10.8. The Morgan fingerprint density at radius 1 is 1.06 bits per heavy atom. The van der Waals surface area contributed by atoms with E-state index in [1.54, 1.807) is 29.2 Å². The molecular formula is C11H7FN4. The summed E-state index contributed by atoms with van der Waals surface area (Å²) in [6, 6.07) is 7.92. The van der Waals surface area contributed by atoms with Crippen LogP contribution in [0, 0.1) is 5.82 Å². The van der Waals surface area contributed by atoms with Crippen LogP contribution < -0.4 is 0 Å². The van der Waals surface area contributed by atoms with Crippen LogP contribution in [0.4, 0.5) is 4.39 Å². The van der Waals surface area contributed by atoms with Gasteiger partial charge >= 0.3 is 0 Å². The summed E-state index contributed by atoms with van der Waals surface area (Å²) >= 11 is 0. The first-order valence-electron chi connectivity index (χ1n) is 4.76. The smallest absolute Gasteiger partial charge is 0.131 e. The Hall–Kier alpha value is -2.30. The van der Waals surface area contributed by atoms with Crippen molar-refractivity contribution in [1.29, 1.82) is 0 Å². The van der Waals surface area contributed by atoms with Gasteiger partial charge in [0.1, 0.15) is 11.3 Å². The minimum atomic E-state index is -0.269. The third kappa shape index (κ3) is 1.33. The third-order valence-corrected chi connectivity index (χ3v) is 2.32. The fraction of sp³-hybridized carbons (Fsp3) is 0. The van der Waals surface area contributed by atoms with E-state index >= 15 is 0 Å². The maximum atomic E-state index is 12.8. The zero-order valence-corrected chi connectivity index (χ0v) is 8.21. The van der Waals surface area contributed by atoms with Gasteiger partial charge in [0.05, 0.1) is 17.4 Å². The van der Waals surface area contributed by atoms with Gasteiger partial charge in [0, 0.05) is 6.20 Å². The lowest BCUT2D eigenvalue weighted by Gasteiger charge is -2.00. The van der Waals surface area contributed by atoms with Crippen molar-refractivity contribution in [3.8, 4) is 5.69 Å². The van der Waals surface area contributed by atoms with Crippen LogP contribution >= 0.6 is 0 Å². The molecule has 0 saturated carbocycles. The van der Waals surface area contributed by atoms with Crippen LogP contribution in [-0.4, -0.2) is 20.0 Å². The van der Waals surface area contributed by atoms with E-state index in [1.807, 2.05) is 6.07 Å². The first kappa shape index (κ1) is 8.96. The topological polar surface area (TPSA) is 43.6 Å². The summed E-state index contributed by atoms with van der Waals surface area (Å²) in [7, 11) is 0.